The van der Waals surface area contributed by atoms with E-state index < -0.39 is 11.6 Å². The molecule has 1 unspecified atom stereocenters. The van der Waals surface area contributed by atoms with Gasteiger partial charge in [-0.25, -0.2) is 4.79 Å². The van der Waals surface area contributed by atoms with E-state index in [0.717, 1.165) is 23.7 Å². The molecule has 2 aromatic rings. The highest BCUT2D eigenvalue weighted by molar-refractivity contribution is 8.00. The molecule has 1 atom stereocenters. The summed E-state index contributed by atoms with van der Waals surface area (Å²) in [7, 11) is 0. The summed E-state index contributed by atoms with van der Waals surface area (Å²) in [5.74, 6) is -0.0874. The minimum Gasteiger partial charge on any atom is -0.447 e. The summed E-state index contributed by atoms with van der Waals surface area (Å²) < 4.78 is 4.97. The fraction of sp³-hybridized carbons (Fsp3) is 0.400. The second-order valence-electron chi connectivity index (χ2n) is 9.34. The second-order valence-corrected chi connectivity index (χ2v) is 11.6. The number of halogens is 2. The maximum absolute atomic E-state index is 13.1. The number of piperazine rings is 1. The lowest BCUT2D eigenvalue weighted by atomic mass is 9.91. The maximum Gasteiger partial charge on any atom is 0.407 e. The number of benzene rings is 2. The van der Waals surface area contributed by atoms with Crippen LogP contribution in [0.4, 0.5) is 10.5 Å². The van der Waals surface area contributed by atoms with Crippen molar-refractivity contribution in [2.75, 3.05) is 50.8 Å². The largest absolute Gasteiger partial charge is 0.447 e. The molecule has 0 saturated carbocycles. The Bertz CT molecular complexity index is 1200. The summed E-state index contributed by atoms with van der Waals surface area (Å²) in [4.78, 5) is 43.7. The Labute approximate surface area is 223 Å². The standard InChI is InChI=1S/C25H26Cl2N4O4S/c1-16(22(32)31-13-25(14-31)15-35-24(34)28-25)36-21-6-5-17(11-20(21)27)23(33)30-9-7-29(8-10-30)19-4-2-3-18(26)12-19/h2-6,11-12,16H,7-10,13-15H2,1H3,(H,28,34). The van der Waals surface area contributed by atoms with E-state index in [-0.39, 0.29) is 23.7 Å². The van der Waals surface area contributed by atoms with E-state index in [0.29, 0.717) is 41.8 Å². The van der Waals surface area contributed by atoms with E-state index in [2.05, 4.69) is 10.2 Å². The Morgan fingerprint density at radius 3 is 2.44 bits per heavy atom. The van der Waals surface area contributed by atoms with Gasteiger partial charge in [0, 0.05) is 60.4 Å². The molecule has 36 heavy (non-hydrogen) atoms. The van der Waals surface area contributed by atoms with E-state index in [9.17, 15) is 14.4 Å². The Morgan fingerprint density at radius 2 is 1.81 bits per heavy atom. The van der Waals surface area contributed by atoms with Crippen LogP contribution in [0.15, 0.2) is 47.4 Å². The molecule has 0 radical (unpaired) electrons. The van der Waals surface area contributed by atoms with Gasteiger partial charge < -0.3 is 24.8 Å². The number of nitrogens with one attached hydrogen (secondary N) is 1. The van der Waals surface area contributed by atoms with Crippen LogP contribution in [0, 0.1) is 0 Å². The zero-order chi connectivity index (χ0) is 25.4. The zero-order valence-electron chi connectivity index (χ0n) is 19.7. The minimum absolute atomic E-state index is 0.0273. The lowest BCUT2D eigenvalue weighted by Gasteiger charge is -2.46. The van der Waals surface area contributed by atoms with Gasteiger partial charge in [0.1, 0.15) is 12.1 Å². The van der Waals surface area contributed by atoms with Gasteiger partial charge in [0.15, 0.2) is 0 Å². The van der Waals surface area contributed by atoms with Gasteiger partial charge in [0.05, 0.1) is 10.3 Å². The van der Waals surface area contributed by atoms with Crippen molar-refractivity contribution in [2.24, 2.45) is 0 Å². The van der Waals surface area contributed by atoms with E-state index in [1.807, 2.05) is 36.1 Å². The van der Waals surface area contributed by atoms with Crippen molar-refractivity contribution in [3.8, 4) is 0 Å². The molecule has 3 fully saturated rings. The molecule has 5 rings (SSSR count). The molecule has 1 N–H and O–H groups in total. The van der Waals surface area contributed by atoms with Gasteiger partial charge in [-0.2, -0.15) is 0 Å². The first-order chi connectivity index (χ1) is 17.2. The summed E-state index contributed by atoms with van der Waals surface area (Å²) in [6, 6.07) is 13.0. The summed E-state index contributed by atoms with van der Waals surface area (Å²) in [5.41, 5.74) is 1.13. The molecule has 2 aromatic carbocycles. The average molecular weight is 549 g/mol. The average Bonchev–Trinajstić information content (AvgIpc) is 3.25. The molecule has 0 bridgehead atoms. The SMILES string of the molecule is CC(Sc1ccc(C(=O)N2CCN(c3cccc(Cl)c3)CC2)cc1Cl)C(=O)N1CC2(COC(=O)N2)C1. The highest BCUT2D eigenvalue weighted by Gasteiger charge is 2.51. The number of thioether (sulfide) groups is 1. The quantitative estimate of drug-likeness (QED) is 0.573. The fourth-order valence-corrected chi connectivity index (χ4v) is 6.20. The van der Waals surface area contributed by atoms with E-state index in [4.69, 9.17) is 27.9 Å². The number of amides is 3. The molecule has 3 amide bonds. The number of nitrogens with zero attached hydrogens (tertiary/aromatic N) is 3. The predicted octanol–water partition coefficient (Wildman–Crippen LogP) is 3.76. The number of carbonyl (C=O) groups excluding carboxylic acids is 3. The summed E-state index contributed by atoms with van der Waals surface area (Å²) in [5, 5.41) is 3.56. The van der Waals surface area contributed by atoms with E-state index >= 15 is 0 Å². The van der Waals surface area contributed by atoms with Crippen LogP contribution in [0.25, 0.3) is 0 Å². The van der Waals surface area contributed by atoms with Gasteiger partial charge in [0.25, 0.3) is 5.91 Å². The van der Waals surface area contributed by atoms with Gasteiger partial charge >= 0.3 is 6.09 Å². The number of carbonyl (C=O) groups is 3. The fourth-order valence-electron chi connectivity index (χ4n) is 4.75. The minimum atomic E-state index is -0.448. The highest BCUT2D eigenvalue weighted by atomic mass is 35.5. The van der Waals surface area contributed by atoms with Gasteiger partial charge in [-0.15, -0.1) is 11.8 Å². The van der Waals surface area contributed by atoms with Crippen LogP contribution < -0.4 is 10.2 Å². The number of ether oxygens (including phenoxy) is 1. The molecular formula is C25H26Cl2N4O4S. The summed E-state index contributed by atoms with van der Waals surface area (Å²) in [6.07, 6.45) is -0.436. The Hall–Kier alpha value is -2.62. The maximum atomic E-state index is 13.1. The lowest BCUT2D eigenvalue weighted by molar-refractivity contribution is -0.138. The smallest absolute Gasteiger partial charge is 0.407 e. The third kappa shape index (κ3) is 5.10. The number of anilines is 1. The van der Waals surface area contributed by atoms with Crippen LogP contribution in [0.1, 0.15) is 17.3 Å². The van der Waals surface area contributed by atoms with Gasteiger partial charge in [-0.3, -0.25) is 9.59 Å². The van der Waals surface area contributed by atoms with Crippen LogP contribution in [0.3, 0.4) is 0 Å². The van der Waals surface area contributed by atoms with Gasteiger partial charge in [-0.05, 0) is 43.3 Å². The van der Waals surface area contributed by atoms with Crippen molar-refractivity contribution in [1.29, 1.82) is 0 Å². The van der Waals surface area contributed by atoms with Crippen molar-refractivity contribution in [3.63, 3.8) is 0 Å². The third-order valence-corrected chi connectivity index (χ3v) is 8.54. The first-order valence-electron chi connectivity index (χ1n) is 11.7. The first-order valence-corrected chi connectivity index (χ1v) is 13.4. The molecule has 3 aliphatic rings. The van der Waals surface area contributed by atoms with E-state index in [1.54, 1.807) is 23.1 Å². The molecule has 11 heteroatoms. The number of rotatable bonds is 5. The Kier molecular flexibility index (Phi) is 6.98. The first kappa shape index (κ1) is 25.0. The number of alkyl carbamates (subject to hydrolysis) is 1. The number of cyclic esters (lactones) is 1. The van der Waals surface area contributed by atoms with Crippen molar-refractivity contribution in [1.82, 2.24) is 15.1 Å². The molecule has 0 aliphatic carbocycles. The normalized spacial score (nSPS) is 19.5. The Balaban J connectivity index is 1.15. The molecule has 3 aliphatic heterocycles. The second kappa shape index (κ2) is 10.0. The van der Waals surface area contributed by atoms with Crippen LogP contribution in [0.5, 0.6) is 0 Å². The third-order valence-electron chi connectivity index (χ3n) is 6.72. The van der Waals surface area contributed by atoms with Crippen LogP contribution in [-0.4, -0.2) is 84.4 Å². The summed E-state index contributed by atoms with van der Waals surface area (Å²) >= 11 is 14.0. The Morgan fingerprint density at radius 1 is 1.06 bits per heavy atom. The molecule has 0 aromatic heterocycles. The number of hydrogen-bond acceptors (Lipinski definition) is 6. The molecule has 3 saturated heterocycles. The molecule has 190 valence electrons. The van der Waals surface area contributed by atoms with Gasteiger partial charge in [0.2, 0.25) is 5.91 Å². The van der Waals surface area contributed by atoms with Crippen molar-refractivity contribution >= 4 is 58.6 Å². The highest BCUT2D eigenvalue weighted by Crippen LogP contribution is 2.34. The van der Waals surface area contributed by atoms with Gasteiger partial charge in [-0.1, -0.05) is 29.3 Å². The predicted molar refractivity (Wildman–Crippen MR) is 140 cm³/mol. The summed E-state index contributed by atoms with van der Waals surface area (Å²) in [6.45, 7) is 5.65. The topological polar surface area (TPSA) is 82.2 Å². The van der Waals surface area contributed by atoms with E-state index in [1.165, 1.54) is 11.8 Å². The zero-order valence-corrected chi connectivity index (χ0v) is 22.0. The van der Waals surface area contributed by atoms with Crippen LogP contribution in [0.2, 0.25) is 10.0 Å². The number of hydrogen-bond donors (Lipinski definition) is 1. The molecule has 3 heterocycles. The lowest BCUT2D eigenvalue weighted by Crippen LogP contribution is -2.70. The molecule has 1 spiro atoms. The monoisotopic (exact) mass is 548 g/mol. The molecular weight excluding hydrogens is 523 g/mol. The van der Waals surface area contributed by atoms with Crippen molar-refractivity contribution in [2.45, 2.75) is 22.6 Å². The van der Waals surface area contributed by atoms with Crippen molar-refractivity contribution in [3.05, 3.63) is 58.1 Å². The van der Waals surface area contributed by atoms with Crippen LogP contribution >= 0.6 is 35.0 Å². The number of likely N-dealkylation sites (tertiary alicyclic amines) is 1. The van der Waals surface area contributed by atoms with Crippen molar-refractivity contribution < 1.29 is 19.1 Å². The molecule has 8 nitrogen and oxygen atoms in total. The van der Waals surface area contributed by atoms with Crippen LogP contribution in [-0.2, 0) is 9.53 Å².